The van der Waals surface area contributed by atoms with Gasteiger partial charge < -0.3 is 28.7 Å². The number of aryl methyl sites for hydroxylation is 1. The van der Waals surface area contributed by atoms with Crippen LogP contribution in [-0.4, -0.2) is 57.7 Å². The van der Waals surface area contributed by atoms with Crippen molar-refractivity contribution in [1.82, 2.24) is 9.55 Å². The molecule has 3 N–H and O–H groups in total. The topological polar surface area (TPSA) is 185 Å². The molecule has 2 aliphatic rings. The van der Waals surface area contributed by atoms with Gasteiger partial charge in [0.05, 0.1) is 19.0 Å². The summed E-state index contributed by atoms with van der Waals surface area (Å²) in [6.45, 7) is -0.610. The number of hydrogen-bond donors (Lipinski definition) is 3. The molecule has 0 aliphatic carbocycles. The molecule has 2 aliphatic heterocycles. The zero-order valence-corrected chi connectivity index (χ0v) is 23.5. The predicted molar refractivity (Wildman–Crippen MR) is 143 cm³/mol. The molecule has 3 heterocycles. The van der Waals surface area contributed by atoms with Crippen LogP contribution < -0.4 is 21.3 Å². The Morgan fingerprint density at radius 3 is 2.34 bits per heavy atom. The Balaban J connectivity index is 1.29. The molecule has 16 heteroatoms. The fraction of sp³-hybridized carbons (Fsp3) is 0.360. The Hall–Kier alpha value is -2.90. The van der Waals surface area contributed by atoms with Gasteiger partial charge in [0.1, 0.15) is 24.1 Å². The lowest BCUT2D eigenvalue weighted by molar-refractivity contribution is -0.153. The number of aromatic amines is 1. The monoisotopic (exact) mass is 610 g/mol. The molecule has 0 radical (unpaired) electrons. The summed E-state index contributed by atoms with van der Waals surface area (Å²) in [6, 6.07) is 16.0. The van der Waals surface area contributed by atoms with Gasteiger partial charge in [-0.15, -0.1) is 0 Å². The van der Waals surface area contributed by atoms with Crippen LogP contribution in [0.4, 0.5) is 0 Å². The number of hydrogen-bond acceptors (Lipinski definition) is 10. The van der Waals surface area contributed by atoms with E-state index in [0.717, 1.165) is 16.2 Å². The van der Waals surface area contributed by atoms with Crippen LogP contribution in [0.5, 0.6) is 5.75 Å². The normalized spacial score (nSPS) is 26.7. The van der Waals surface area contributed by atoms with E-state index in [9.17, 15) is 28.5 Å². The molecular weight excluding hydrogens is 582 g/mol. The molecule has 5 rings (SSSR count). The zero-order valence-electron chi connectivity index (χ0n) is 21.7. The maximum Gasteiger partial charge on any atom is 0.479 e. The number of phosphoric ester groups is 1. The van der Waals surface area contributed by atoms with E-state index in [1.54, 1.807) is 0 Å². The highest BCUT2D eigenvalue weighted by molar-refractivity contribution is 7.69. The van der Waals surface area contributed by atoms with Crippen molar-refractivity contribution in [2.45, 2.75) is 43.7 Å². The molecule has 2 fully saturated rings. The van der Waals surface area contributed by atoms with Crippen molar-refractivity contribution in [3.63, 3.8) is 0 Å². The number of aromatic nitrogens is 2. The lowest BCUT2D eigenvalue weighted by atomic mass is 10.1. The predicted octanol–water partition coefficient (Wildman–Crippen LogP) is 1.83. The number of benzene rings is 2. The minimum atomic E-state index is -5.10. The van der Waals surface area contributed by atoms with Gasteiger partial charge in [-0.2, -0.15) is 0 Å². The Morgan fingerprint density at radius 2 is 1.66 bits per heavy atom. The van der Waals surface area contributed by atoms with Gasteiger partial charge in [-0.1, -0.05) is 30.3 Å². The molecule has 220 valence electrons. The smallest absolute Gasteiger partial charge is 0.479 e. The summed E-state index contributed by atoms with van der Waals surface area (Å²) >= 11 is 0. The minimum Gasteiger partial charge on any atom is -0.497 e. The Morgan fingerprint density at radius 1 is 0.951 bits per heavy atom. The van der Waals surface area contributed by atoms with Crippen LogP contribution in [0.3, 0.4) is 0 Å². The van der Waals surface area contributed by atoms with Crippen LogP contribution >= 0.6 is 15.4 Å². The zero-order chi connectivity index (χ0) is 29.2. The van der Waals surface area contributed by atoms with E-state index in [4.69, 9.17) is 23.5 Å². The molecule has 41 heavy (non-hydrogen) atoms. The molecule has 2 aromatic carbocycles. The number of methoxy groups -OCH3 is 1. The van der Waals surface area contributed by atoms with E-state index in [0.29, 0.717) is 18.6 Å². The average molecular weight is 610 g/mol. The van der Waals surface area contributed by atoms with Gasteiger partial charge in [-0.25, -0.2) is 13.7 Å². The van der Waals surface area contributed by atoms with E-state index in [2.05, 4.69) is 9.29 Å². The van der Waals surface area contributed by atoms with Crippen LogP contribution in [0.2, 0.25) is 0 Å². The van der Waals surface area contributed by atoms with Crippen molar-refractivity contribution >= 4 is 20.7 Å². The number of fused-ring (bicyclic) bond motifs is 1. The first-order valence-electron chi connectivity index (χ1n) is 12.5. The van der Waals surface area contributed by atoms with Gasteiger partial charge in [-0.3, -0.25) is 23.4 Å². The molecule has 4 unspecified atom stereocenters. The molecule has 7 atom stereocenters. The maximum absolute atomic E-state index is 12.7. The summed E-state index contributed by atoms with van der Waals surface area (Å²) in [6.07, 6.45) is -2.15. The van der Waals surface area contributed by atoms with E-state index >= 15 is 0 Å². The van der Waals surface area contributed by atoms with Gasteiger partial charge in [0.25, 0.3) is 5.56 Å². The van der Waals surface area contributed by atoms with Crippen LogP contribution in [-0.2, 0) is 38.6 Å². The van der Waals surface area contributed by atoms with E-state index < -0.39 is 64.1 Å². The molecule has 0 amide bonds. The molecule has 2 saturated heterocycles. The molecule has 1 aromatic heterocycles. The minimum absolute atomic E-state index is 0.250. The van der Waals surface area contributed by atoms with Gasteiger partial charge in [0.2, 0.25) is 0 Å². The van der Waals surface area contributed by atoms with Gasteiger partial charge in [0.15, 0.2) is 12.5 Å². The third-order valence-electron chi connectivity index (χ3n) is 6.55. The molecule has 0 saturated carbocycles. The lowest BCUT2D eigenvalue weighted by Gasteiger charge is -2.22. The number of H-pyrrole nitrogens is 1. The number of ether oxygens (including phenoxy) is 4. The highest BCUT2D eigenvalue weighted by atomic mass is 31.3. The summed E-state index contributed by atoms with van der Waals surface area (Å²) in [5.74, 6) is 0.405. The van der Waals surface area contributed by atoms with Crippen LogP contribution in [0, 0.1) is 0 Å². The van der Waals surface area contributed by atoms with Crippen LogP contribution in [0.15, 0.2) is 76.4 Å². The standard InChI is InChI=1S/C25H28N2O12P2/c1-34-17-8-10-18(11-9-17)40(30,31)39-41(32,33)35-15-19-22-23(24(36-19)27-14-13-20(28)26-25(27)29)38-21(37-22)12-7-16-5-3-2-4-6-16/h2-6,8-11,13-14,19,21-24H,7,12,15H2,1H3,(H,30,31)(H,32,33)(H,26,28,29)/t19-,21?,22?,23+,24-/m1/s1. The Bertz CT molecular complexity index is 1560. The molecule has 3 aromatic rings. The van der Waals surface area contributed by atoms with Crippen molar-refractivity contribution in [3.8, 4) is 5.75 Å². The first-order chi connectivity index (χ1) is 19.5. The van der Waals surface area contributed by atoms with Crippen LogP contribution in [0.25, 0.3) is 0 Å². The highest BCUT2D eigenvalue weighted by Crippen LogP contribution is 2.59. The first kappa shape index (κ1) is 29.6. The van der Waals surface area contributed by atoms with E-state index in [-0.39, 0.29) is 5.30 Å². The molecule has 0 bridgehead atoms. The Labute approximate surface area is 233 Å². The number of rotatable bonds is 11. The fourth-order valence-electron chi connectivity index (χ4n) is 4.60. The summed E-state index contributed by atoms with van der Waals surface area (Å²) in [5.41, 5.74) is -0.297. The summed E-state index contributed by atoms with van der Waals surface area (Å²) in [4.78, 5) is 46.8. The maximum atomic E-state index is 12.7. The highest BCUT2D eigenvalue weighted by Gasteiger charge is 2.54. The number of nitrogens with zero attached hydrogens (tertiary/aromatic N) is 1. The molecule has 14 nitrogen and oxygen atoms in total. The van der Waals surface area contributed by atoms with Gasteiger partial charge >= 0.3 is 21.1 Å². The number of phosphoric acid groups is 1. The van der Waals surface area contributed by atoms with Gasteiger partial charge in [0, 0.05) is 18.7 Å². The van der Waals surface area contributed by atoms with Crippen molar-refractivity contribution in [2.75, 3.05) is 13.7 Å². The quantitative estimate of drug-likeness (QED) is 0.268. The SMILES string of the molecule is COc1ccc(P(=O)(O)OP(=O)(O)OC[C@H]2O[C@@H](n3ccc(=O)[nH]c3=O)[C@H]3OC(CCc4ccccc4)OC23)cc1. The van der Waals surface area contributed by atoms with E-state index in [1.165, 1.54) is 37.6 Å². The third-order valence-corrected chi connectivity index (χ3v) is 9.69. The van der Waals surface area contributed by atoms with Gasteiger partial charge in [-0.05, 0) is 36.2 Å². The average Bonchev–Trinajstić information content (AvgIpc) is 3.50. The fourth-order valence-corrected chi connectivity index (χ4v) is 7.15. The summed E-state index contributed by atoms with van der Waals surface area (Å²) in [7, 11) is -8.45. The first-order valence-corrected chi connectivity index (χ1v) is 15.6. The molecule has 0 spiro atoms. The Kier molecular flexibility index (Phi) is 8.76. The van der Waals surface area contributed by atoms with Crippen LogP contribution in [0.1, 0.15) is 18.2 Å². The molecular formula is C25H28N2O12P2. The third kappa shape index (κ3) is 6.95. The second-order valence-corrected chi connectivity index (χ2v) is 12.7. The lowest BCUT2D eigenvalue weighted by Crippen LogP contribution is -2.36. The van der Waals surface area contributed by atoms with Crippen molar-refractivity contribution in [3.05, 3.63) is 93.3 Å². The summed E-state index contributed by atoms with van der Waals surface area (Å²) < 4.78 is 59.2. The van der Waals surface area contributed by atoms with E-state index in [1.807, 2.05) is 30.3 Å². The van der Waals surface area contributed by atoms with Crippen molar-refractivity contribution in [2.24, 2.45) is 0 Å². The number of nitrogens with one attached hydrogen (secondary N) is 1. The van der Waals surface area contributed by atoms with Crippen molar-refractivity contribution < 1.29 is 46.7 Å². The second-order valence-electron chi connectivity index (χ2n) is 9.30. The largest absolute Gasteiger partial charge is 0.497 e. The summed E-state index contributed by atoms with van der Waals surface area (Å²) in [5, 5.41) is -0.250. The second kappa shape index (κ2) is 12.1. The van der Waals surface area contributed by atoms with Crippen molar-refractivity contribution in [1.29, 1.82) is 0 Å².